The van der Waals surface area contributed by atoms with Crippen molar-refractivity contribution in [1.29, 1.82) is 0 Å². The van der Waals surface area contributed by atoms with Gasteiger partial charge in [0, 0.05) is 11.9 Å². The first kappa shape index (κ1) is 15.3. The minimum absolute atomic E-state index is 0.0585. The standard InChI is InChI=1S/C16H24N2O/c1-11-9-12(2)14(13(3)10-11)18-15(19)17-8-7-16(4,5)6/h7-10H,1-6H3,(H2,17,18,19)/b8-7+. The molecule has 0 aliphatic heterocycles. The lowest BCUT2D eigenvalue weighted by Gasteiger charge is -2.14. The summed E-state index contributed by atoms with van der Waals surface area (Å²) in [4.78, 5) is 11.8. The first-order chi connectivity index (χ1) is 8.69. The average Bonchev–Trinajstić information content (AvgIpc) is 2.21. The molecular weight excluding hydrogens is 236 g/mol. The first-order valence-electron chi connectivity index (χ1n) is 6.52. The van der Waals surface area contributed by atoms with Gasteiger partial charge in [0.05, 0.1) is 0 Å². The predicted molar refractivity (Wildman–Crippen MR) is 81.4 cm³/mol. The van der Waals surface area contributed by atoms with Crippen LogP contribution in [-0.4, -0.2) is 6.03 Å². The highest BCUT2D eigenvalue weighted by Gasteiger charge is 2.08. The Morgan fingerprint density at radius 1 is 1.11 bits per heavy atom. The molecule has 0 heterocycles. The summed E-state index contributed by atoms with van der Waals surface area (Å²) in [5.41, 5.74) is 4.30. The monoisotopic (exact) mass is 260 g/mol. The van der Waals surface area contributed by atoms with Crippen LogP contribution in [0.25, 0.3) is 0 Å². The zero-order chi connectivity index (χ0) is 14.6. The Kier molecular flexibility index (Phi) is 4.76. The maximum Gasteiger partial charge on any atom is 0.323 e. The van der Waals surface area contributed by atoms with Crippen molar-refractivity contribution < 1.29 is 4.79 Å². The summed E-state index contributed by atoms with van der Waals surface area (Å²) in [6.45, 7) is 12.3. The summed E-state index contributed by atoms with van der Waals surface area (Å²) in [6.07, 6.45) is 3.65. The Bertz CT molecular complexity index is 473. The smallest absolute Gasteiger partial charge is 0.315 e. The summed E-state index contributed by atoms with van der Waals surface area (Å²) in [7, 11) is 0. The molecule has 3 nitrogen and oxygen atoms in total. The average molecular weight is 260 g/mol. The second-order valence-corrected chi connectivity index (χ2v) is 6.07. The number of anilines is 1. The molecule has 0 radical (unpaired) electrons. The third kappa shape index (κ3) is 5.16. The second-order valence-electron chi connectivity index (χ2n) is 6.07. The van der Waals surface area contributed by atoms with Crippen molar-refractivity contribution in [3.05, 3.63) is 41.1 Å². The van der Waals surface area contributed by atoms with E-state index < -0.39 is 0 Å². The molecule has 0 aliphatic carbocycles. The van der Waals surface area contributed by atoms with Gasteiger partial charge in [-0.05, 0) is 37.3 Å². The van der Waals surface area contributed by atoms with Gasteiger partial charge in [-0.25, -0.2) is 4.79 Å². The van der Waals surface area contributed by atoms with Crippen molar-refractivity contribution in [3.8, 4) is 0 Å². The molecule has 0 saturated heterocycles. The van der Waals surface area contributed by atoms with Gasteiger partial charge in [-0.15, -0.1) is 0 Å². The van der Waals surface area contributed by atoms with Gasteiger partial charge in [-0.1, -0.05) is 44.5 Å². The second kappa shape index (κ2) is 5.91. The van der Waals surface area contributed by atoms with Crippen molar-refractivity contribution in [3.63, 3.8) is 0 Å². The van der Waals surface area contributed by atoms with Gasteiger partial charge in [0.25, 0.3) is 0 Å². The van der Waals surface area contributed by atoms with Crippen molar-refractivity contribution in [2.45, 2.75) is 41.5 Å². The predicted octanol–water partition coefficient (Wildman–Crippen LogP) is 4.29. The van der Waals surface area contributed by atoms with E-state index in [-0.39, 0.29) is 11.4 Å². The summed E-state index contributed by atoms with van der Waals surface area (Å²) < 4.78 is 0. The third-order valence-corrected chi connectivity index (χ3v) is 2.71. The summed E-state index contributed by atoms with van der Waals surface area (Å²) in [6, 6.07) is 3.91. The van der Waals surface area contributed by atoms with Crippen LogP contribution in [0.3, 0.4) is 0 Å². The van der Waals surface area contributed by atoms with Gasteiger partial charge in [0.15, 0.2) is 0 Å². The number of hydrogen-bond donors (Lipinski definition) is 2. The van der Waals surface area contributed by atoms with Gasteiger partial charge < -0.3 is 10.6 Å². The van der Waals surface area contributed by atoms with Crippen LogP contribution in [-0.2, 0) is 0 Å². The zero-order valence-corrected chi connectivity index (χ0v) is 12.7. The van der Waals surface area contributed by atoms with Gasteiger partial charge in [0.1, 0.15) is 0 Å². The summed E-state index contributed by atoms with van der Waals surface area (Å²) in [5.74, 6) is 0. The first-order valence-corrected chi connectivity index (χ1v) is 6.52. The molecule has 1 rings (SSSR count). The van der Waals surface area contributed by atoms with Crippen molar-refractivity contribution in [2.24, 2.45) is 5.41 Å². The number of aryl methyl sites for hydroxylation is 3. The van der Waals surface area contributed by atoms with Crippen molar-refractivity contribution >= 4 is 11.7 Å². The van der Waals surface area contributed by atoms with Crippen LogP contribution < -0.4 is 10.6 Å². The Morgan fingerprint density at radius 2 is 1.63 bits per heavy atom. The Hall–Kier alpha value is -1.77. The number of rotatable bonds is 2. The van der Waals surface area contributed by atoms with Crippen molar-refractivity contribution in [2.75, 3.05) is 5.32 Å². The number of allylic oxidation sites excluding steroid dienone is 1. The number of nitrogens with one attached hydrogen (secondary N) is 2. The summed E-state index contributed by atoms with van der Waals surface area (Å²) >= 11 is 0. The number of benzene rings is 1. The maximum atomic E-state index is 11.8. The summed E-state index contributed by atoms with van der Waals surface area (Å²) in [5, 5.41) is 5.62. The largest absolute Gasteiger partial charge is 0.323 e. The lowest BCUT2D eigenvalue weighted by Crippen LogP contribution is -2.25. The van der Waals surface area contributed by atoms with E-state index in [1.807, 2.05) is 19.9 Å². The minimum Gasteiger partial charge on any atom is -0.315 e. The number of carbonyl (C=O) groups excluding carboxylic acids is 1. The highest BCUT2D eigenvalue weighted by Crippen LogP contribution is 2.21. The minimum atomic E-state index is -0.212. The molecular formula is C16H24N2O. The Labute approximate surface area is 116 Å². The van der Waals surface area contributed by atoms with E-state index in [2.05, 4.69) is 50.5 Å². The molecule has 19 heavy (non-hydrogen) atoms. The van der Waals surface area contributed by atoms with E-state index in [4.69, 9.17) is 0 Å². The normalized spacial score (nSPS) is 11.7. The molecule has 1 aromatic rings. The molecule has 0 aliphatic rings. The van der Waals surface area contributed by atoms with Crippen LogP contribution in [0.1, 0.15) is 37.5 Å². The molecule has 0 bridgehead atoms. The topological polar surface area (TPSA) is 41.1 Å². The van der Waals surface area contributed by atoms with Crippen LogP contribution >= 0.6 is 0 Å². The van der Waals surface area contributed by atoms with Crippen LogP contribution in [0.15, 0.2) is 24.4 Å². The zero-order valence-electron chi connectivity index (χ0n) is 12.7. The van der Waals surface area contributed by atoms with Gasteiger partial charge in [-0.2, -0.15) is 0 Å². The molecule has 0 atom stereocenters. The number of urea groups is 1. The van der Waals surface area contributed by atoms with Crippen LogP contribution in [0.4, 0.5) is 10.5 Å². The van der Waals surface area contributed by atoms with Gasteiger partial charge in [0.2, 0.25) is 0 Å². The fourth-order valence-electron chi connectivity index (χ4n) is 1.89. The van der Waals surface area contributed by atoms with Gasteiger partial charge in [-0.3, -0.25) is 0 Å². The lowest BCUT2D eigenvalue weighted by molar-refractivity contribution is 0.255. The highest BCUT2D eigenvalue weighted by molar-refractivity contribution is 5.91. The molecule has 0 aromatic heterocycles. The molecule has 104 valence electrons. The molecule has 1 aromatic carbocycles. The lowest BCUT2D eigenvalue weighted by atomic mass is 9.97. The molecule has 3 heteroatoms. The van der Waals surface area contributed by atoms with Crippen LogP contribution in [0.5, 0.6) is 0 Å². The van der Waals surface area contributed by atoms with Crippen molar-refractivity contribution in [1.82, 2.24) is 5.32 Å². The molecule has 0 unspecified atom stereocenters. The van der Waals surface area contributed by atoms with E-state index in [9.17, 15) is 4.79 Å². The van der Waals surface area contributed by atoms with Crippen LogP contribution in [0, 0.1) is 26.2 Å². The number of amides is 2. The molecule has 2 amide bonds. The molecule has 0 spiro atoms. The number of hydrogen-bond acceptors (Lipinski definition) is 1. The fourth-order valence-corrected chi connectivity index (χ4v) is 1.89. The fraction of sp³-hybridized carbons (Fsp3) is 0.438. The number of carbonyl (C=O) groups is 1. The van der Waals surface area contributed by atoms with E-state index in [0.717, 1.165) is 16.8 Å². The highest BCUT2D eigenvalue weighted by atomic mass is 16.2. The third-order valence-electron chi connectivity index (χ3n) is 2.71. The quantitative estimate of drug-likeness (QED) is 0.818. The van der Waals surface area contributed by atoms with E-state index in [0.29, 0.717) is 0 Å². The molecule has 0 saturated carbocycles. The Morgan fingerprint density at radius 3 is 2.11 bits per heavy atom. The van der Waals surface area contributed by atoms with E-state index >= 15 is 0 Å². The van der Waals surface area contributed by atoms with Gasteiger partial charge >= 0.3 is 6.03 Å². The maximum absolute atomic E-state index is 11.8. The van der Waals surface area contributed by atoms with Crippen LogP contribution in [0.2, 0.25) is 0 Å². The molecule has 0 fully saturated rings. The Balaban J connectivity index is 2.71. The SMILES string of the molecule is Cc1cc(C)c(NC(=O)N/C=C/C(C)(C)C)c(C)c1. The molecule has 2 N–H and O–H groups in total. The van der Waals surface area contributed by atoms with E-state index in [1.54, 1.807) is 6.20 Å². The van der Waals surface area contributed by atoms with E-state index in [1.165, 1.54) is 5.56 Å².